The van der Waals surface area contributed by atoms with Crippen molar-refractivity contribution in [2.75, 3.05) is 10.6 Å². The summed E-state index contributed by atoms with van der Waals surface area (Å²) in [6.07, 6.45) is 2.78. The molecule has 0 unspecified atom stereocenters. The molecule has 1 amide bonds. The minimum absolute atomic E-state index is 0.0572. The number of nitrogens with one attached hydrogen (secondary N) is 2. The Morgan fingerprint density at radius 2 is 2.18 bits per heavy atom. The second kappa shape index (κ2) is 7.25. The highest BCUT2D eigenvalue weighted by Crippen LogP contribution is 2.12. The first-order valence-electron chi connectivity index (χ1n) is 6.45. The van der Waals surface area contributed by atoms with Crippen LogP contribution in [0.15, 0.2) is 54.4 Å². The average Bonchev–Trinajstić information content (AvgIpc) is 2.49. The quantitative estimate of drug-likeness (QED) is 0.669. The lowest BCUT2D eigenvalue weighted by molar-refractivity contribution is -0.112. The molecule has 2 aromatic rings. The number of hydrogen-bond acceptors (Lipinski definition) is 4. The summed E-state index contributed by atoms with van der Waals surface area (Å²) in [6, 6.07) is 12.5. The first kappa shape index (κ1) is 15.5. The lowest BCUT2D eigenvalue weighted by atomic mass is 10.2. The lowest BCUT2D eigenvalue weighted by Crippen LogP contribution is -2.14. The van der Waals surface area contributed by atoms with Gasteiger partial charge in [-0.05, 0) is 36.8 Å². The maximum Gasteiger partial charge on any atom is 0.267 e. The molecule has 1 aromatic carbocycles. The summed E-state index contributed by atoms with van der Waals surface area (Å²) >= 11 is 5.73. The average molecular weight is 313 g/mol. The SMILES string of the molecule is Cc1cccc(NC(=O)/C(C#N)=C\Nc2ccc(Cl)cn2)c1. The molecule has 2 N–H and O–H groups in total. The molecule has 0 radical (unpaired) electrons. The van der Waals surface area contributed by atoms with Crippen LogP contribution in [0.25, 0.3) is 0 Å². The summed E-state index contributed by atoms with van der Waals surface area (Å²) < 4.78 is 0. The number of hydrogen-bond donors (Lipinski definition) is 2. The van der Waals surface area contributed by atoms with E-state index in [0.717, 1.165) is 5.56 Å². The van der Waals surface area contributed by atoms with Crippen molar-refractivity contribution in [1.29, 1.82) is 5.26 Å². The van der Waals surface area contributed by atoms with Gasteiger partial charge in [0.2, 0.25) is 0 Å². The molecule has 5 nitrogen and oxygen atoms in total. The highest BCUT2D eigenvalue weighted by Gasteiger charge is 2.09. The van der Waals surface area contributed by atoms with E-state index in [-0.39, 0.29) is 5.57 Å². The summed E-state index contributed by atoms with van der Waals surface area (Å²) in [5, 5.41) is 15.1. The van der Waals surface area contributed by atoms with Gasteiger partial charge in [-0.15, -0.1) is 0 Å². The fraction of sp³-hybridized carbons (Fsp3) is 0.0625. The second-order valence-electron chi connectivity index (χ2n) is 4.50. The maximum atomic E-state index is 12.0. The number of aromatic nitrogens is 1. The molecule has 1 heterocycles. The van der Waals surface area contributed by atoms with Crippen LogP contribution in [0, 0.1) is 18.3 Å². The largest absolute Gasteiger partial charge is 0.345 e. The fourth-order valence-electron chi connectivity index (χ4n) is 1.68. The van der Waals surface area contributed by atoms with Crippen molar-refractivity contribution in [1.82, 2.24) is 4.98 Å². The highest BCUT2D eigenvalue weighted by atomic mass is 35.5. The van der Waals surface area contributed by atoms with Gasteiger partial charge in [0.15, 0.2) is 0 Å². The summed E-state index contributed by atoms with van der Waals surface area (Å²) in [5.74, 6) is -0.00457. The van der Waals surface area contributed by atoms with Crippen molar-refractivity contribution in [3.63, 3.8) is 0 Å². The predicted molar refractivity (Wildman–Crippen MR) is 86.4 cm³/mol. The Hall–Kier alpha value is -2.84. The van der Waals surface area contributed by atoms with Crippen molar-refractivity contribution in [2.45, 2.75) is 6.92 Å². The third-order valence-corrected chi connectivity index (χ3v) is 2.96. The van der Waals surface area contributed by atoms with Gasteiger partial charge < -0.3 is 10.6 Å². The fourth-order valence-corrected chi connectivity index (χ4v) is 1.79. The van der Waals surface area contributed by atoms with Crippen LogP contribution in [0.4, 0.5) is 11.5 Å². The molecule has 0 saturated heterocycles. The van der Waals surface area contributed by atoms with Crippen LogP contribution in [-0.4, -0.2) is 10.9 Å². The molecular weight excluding hydrogens is 300 g/mol. The molecule has 0 saturated carbocycles. The van der Waals surface area contributed by atoms with Crippen LogP contribution in [0.1, 0.15) is 5.56 Å². The normalized spacial score (nSPS) is 10.7. The number of carbonyl (C=O) groups is 1. The number of pyridine rings is 1. The van der Waals surface area contributed by atoms with Gasteiger partial charge >= 0.3 is 0 Å². The molecule has 0 aliphatic heterocycles. The molecule has 0 atom stereocenters. The van der Waals surface area contributed by atoms with E-state index in [4.69, 9.17) is 16.9 Å². The van der Waals surface area contributed by atoms with Crippen LogP contribution in [-0.2, 0) is 4.79 Å². The van der Waals surface area contributed by atoms with Gasteiger partial charge in [0.05, 0.1) is 5.02 Å². The molecule has 0 spiro atoms. The standard InChI is InChI=1S/C16H13ClN4O/c1-11-3-2-4-14(7-11)21-16(22)12(8-18)9-19-15-6-5-13(17)10-20-15/h2-7,9-10H,1H3,(H,19,20)(H,21,22)/b12-9-. The number of aryl methyl sites for hydroxylation is 1. The lowest BCUT2D eigenvalue weighted by Gasteiger charge is -2.05. The Balaban J connectivity index is 2.07. The Bertz CT molecular complexity index is 747. The van der Waals surface area contributed by atoms with Crippen LogP contribution in [0.5, 0.6) is 0 Å². The summed E-state index contributed by atoms with van der Waals surface area (Å²) in [4.78, 5) is 16.1. The van der Waals surface area contributed by atoms with E-state index in [2.05, 4.69) is 15.6 Å². The van der Waals surface area contributed by atoms with E-state index >= 15 is 0 Å². The van der Waals surface area contributed by atoms with Gasteiger partial charge in [-0.2, -0.15) is 5.26 Å². The highest BCUT2D eigenvalue weighted by molar-refractivity contribution is 6.30. The number of halogens is 1. The number of benzene rings is 1. The van der Waals surface area contributed by atoms with Crippen LogP contribution < -0.4 is 10.6 Å². The zero-order chi connectivity index (χ0) is 15.9. The van der Waals surface area contributed by atoms with Gasteiger partial charge in [0.1, 0.15) is 17.5 Å². The molecule has 2 rings (SSSR count). The van der Waals surface area contributed by atoms with E-state index in [1.807, 2.05) is 31.2 Å². The van der Waals surface area contributed by atoms with Crippen molar-refractivity contribution >= 4 is 29.0 Å². The molecule has 0 fully saturated rings. The Kier molecular flexibility index (Phi) is 5.12. The van der Waals surface area contributed by atoms with E-state index in [0.29, 0.717) is 16.5 Å². The van der Waals surface area contributed by atoms with Crippen molar-refractivity contribution in [3.8, 4) is 6.07 Å². The number of carbonyl (C=O) groups excluding carboxylic acids is 1. The number of amides is 1. The number of anilines is 2. The van der Waals surface area contributed by atoms with Crippen LogP contribution in [0.2, 0.25) is 5.02 Å². The Morgan fingerprint density at radius 3 is 2.82 bits per heavy atom. The van der Waals surface area contributed by atoms with Crippen molar-refractivity contribution in [2.24, 2.45) is 0 Å². The van der Waals surface area contributed by atoms with Crippen LogP contribution >= 0.6 is 11.6 Å². The van der Waals surface area contributed by atoms with Gasteiger partial charge in [-0.3, -0.25) is 4.79 Å². The molecule has 6 heteroatoms. The van der Waals surface area contributed by atoms with Crippen molar-refractivity contribution in [3.05, 3.63) is 65.0 Å². The molecule has 0 aliphatic rings. The van der Waals surface area contributed by atoms with E-state index in [1.54, 1.807) is 18.2 Å². The minimum Gasteiger partial charge on any atom is -0.345 e. The molecule has 110 valence electrons. The number of nitrogens with zero attached hydrogens (tertiary/aromatic N) is 2. The van der Waals surface area contributed by atoms with E-state index in [1.165, 1.54) is 12.4 Å². The smallest absolute Gasteiger partial charge is 0.267 e. The summed E-state index contributed by atoms with van der Waals surface area (Å²) in [5.41, 5.74) is 1.60. The Morgan fingerprint density at radius 1 is 1.36 bits per heavy atom. The zero-order valence-corrected chi connectivity index (χ0v) is 12.6. The van der Waals surface area contributed by atoms with Gasteiger partial charge in [-0.25, -0.2) is 4.98 Å². The van der Waals surface area contributed by atoms with E-state index in [9.17, 15) is 4.79 Å². The third-order valence-electron chi connectivity index (χ3n) is 2.73. The molecule has 0 aliphatic carbocycles. The predicted octanol–water partition coefficient (Wildman–Crippen LogP) is 3.50. The maximum absolute atomic E-state index is 12.0. The van der Waals surface area contributed by atoms with Crippen molar-refractivity contribution < 1.29 is 4.79 Å². The van der Waals surface area contributed by atoms with Gasteiger partial charge in [0.25, 0.3) is 5.91 Å². The van der Waals surface area contributed by atoms with Gasteiger partial charge in [0, 0.05) is 18.1 Å². The molecule has 1 aromatic heterocycles. The number of nitriles is 1. The first-order chi connectivity index (χ1) is 10.6. The second-order valence-corrected chi connectivity index (χ2v) is 4.94. The van der Waals surface area contributed by atoms with Crippen LogP contribution in [0.3, 0.4) is 0 Å². The Labute approximate surface area is 133 Å². The first-order valence-corrected chi connectivity index (χ1v) is 6.82. The topological polar surface area (TPSA) is 77.8 Å². The molecule has 22 heavy (non-hydrogen) atoms. The molecule has 0 bridgehead atoms. The molecular formula is C16H13ClN4O. The minimum atomic E-state index is -0.491. The van der Waals surface area contributed by atoms with Gasteiger partial charge in [-0.1, -0.05) is 23.7 Å². The number of rotatable bonds is 4. The monoisotopic (exact) mass is 312 g/mol. The summed E-state index contributed by atoms with van der Waals surface area (Å²) in [6.45, 7) is 1.92. The summed E-state index contributed by atoms with van der Waals surface area (Å²) in [7, 11) is 0. The third kappa shape index (κ3) is 4.33. The zero-order valence-electron chi connectivity index (χ0n) is 11.8. The van der Waals surface area contributed by atoms with E-state index < -0.39 is 5.91 Å².